The molecule has 1 rings (SSSR count). The van der Waals surface area contributed by atoms with Crippen LogP contribution in [0.5, 0.6) is 0 Å². The topological polar surface area (TPSA) is 55.7 Å². The van der Waals surface area contributed by atoms with Gasteiger partial charge < -0.3 is 4.74 Å². The third-order valence-electron chi connectivity index (χ3n) is 1.73. The maximum Gasteiger partial charge on any atom is 0.339 e. The van der Waals surface area contributed by atoms with Crippen molar-refractivity contribution in [1.29, 1.82) is 0 Å². The number of hydrogen-bond acceptors (Lipinski definition) is 4. The zero-order valence-corrected chi connectivity index (χ0v) is 7.84. The van der Waals surface area contributed by atoms with Crippen molar-refractivity contribution in [2.75, 3.05) is 6.61 Å². The standard InChI is InChI=1S/C10H11NO3/c1-2-14-10(12)9(11-13)8-6-4-3-5-7-8/h3-7,9H,2H2,1H3. The first-order chi connectivity index (χ1) is 6.79. The molecule has 0 heterocycles. The summed E-state index contributed by atoms with van der Waals surface area (Å²) in [6.45, 7) is 1.93. The summed E-state index contributed by atoms with van der Waals surface area (Å²) in [7, 11) is 0. The van der Waals surface area contributed by atoms with E-state index >= 15 is 0 Å². The van der Waals surface area contributed by atoms with E-state index in [0.29, 0.717) is 5.56 Å². The number of carbonyl (C=O) groups excluding carboxylic acids is 1. The highest BCUT2D eigenvalue weighted by Gasteiger charge is 2.22. The lowest BCUT2D eigenvalue weighted by molar-refractivity contribution is -0.144. The zero-order valence-electron chi connectivity index (χ0n) is 7.84. The number of carbonyl (C=O) groups is 1. The fourth-order valence-electron chi connectivity index (χ4n) is 1.10. The molecule has 74 valence electrons. The van der Waals surface area contributed by atoms with Crippen LogP contribution in [0.15, 0.2) is 35.5 Å². The van der Waals surface area contributed by atoms with E-state index in [1.807, 2.05) is 0 Å². The highest BCUT2D eigenvalue weighted by Crippen LogP contribution is 2.17. The molecule has 1 unspecified atom stereocenters. The van der Waals surface area contributed by atoms with Gasteiger partial charge in [0.25, 0.3) is 0 Å². The van der Waals surface area contributed by atoms with Crippen LogP contribution in [0.2, 0.25) is 0 Å². The second kappa shape index (κ2) is 5.11. The Balaban J connectivity index is 2.82. The van der Waals surface area contributed by atoms with Gasteiger partial charge in [0, 0.05) is 0 Å². The SMILES string of the molecule is CCOC(=O)C(N=O)c1ccccc1. The van der Waals surface area contributed by atoms with Crippen LogP contribution >= 0.6 is 0 Å². The van der Waals surface area contributed by atoms with Crippen molar-refractivity contribution < 1.29 is 9.53 Å². The van der Waals surface area contributed by atoms with E-state index in [-0.39, 0.29) is 6.61 Å². The first kappa shape index (κ1) is 10.4. The molecule has 0 aliphatic heterocycles. The van der Waals surface area contributed by atoms with Gasteiger partial charge in [0.2, 0.25) is 6.04 Å². The maximum absolute atomic E-state index is 11.3. The molecule has 4 nitrogen and oxygen atoms in total. The fraction of sp³-hybridized carbons (Fsp3) is 0.300. The largest absolute Gasteiger partial charge is 0.464 e. The van der Waals surface area contributed by atoms with Crippen LogP contribution in [-0.2, 0) is 9.53 Å². The fourth-order valence-corrected chi connectivity index (χ4v) is 1.10. The van der Waals surface area contributed by atoms with E-state index in [0.717, 1.165) is 0 Å². The first-order valence-electron chi connectivity index (χ1n) is 4.33. The minimum atomic E-state index is -1.05. The predicted molar refractivity (Wildman–Crippen MR) is 51.6 cm³/mol. The van der Waals surface area contributed by atoms with Crippen molar-refractivity contribution in [1.82, 2.24) is 0 Å². The minimum absolute atomic E-state index is 0.248. The molecule has 0 saturated heterocycles. The second-order valence-electron chi connectivity index (χ2n) is 2.67. The molecule has 0 N–H and O–H groups in total. The molecule has 1 aromatic carbocycles. The highest BCUT2D eigenvalue weighted by atomic mass is 16.5. The number of esters is 1. The Morgan fingerprint density at radius 3 is 2.57 bits per heavy atom. The van der Waals surface area contributed by atoms with Crippen LogP contribution in [0.4, 0.5) is 0 Å². The van der Waals surface area contributed by atoms with Gasteiger partial charge in [-0.1, -0.05) is 30.3 Å². The van der Waals surface area contributed by atoms with Gasteiger partial charge in [0.1, 0.15) is 0 Å². The number of rotatable bonds is 4. The second-order valence-corrected chi connectivity index (χ2v) is 2.67. The van der Waals surface area contributed by atoms with Crippen molar-refractivity contribution in [3.8, 4) is 0 Å². The summed E-state index contributed by atoms with van der Waals surface area (Å²) in [6.07, 6.45) is 0. The summed E-state index contributed by atoms with van der Waals surface area (Å²) < 4.78 is 4.72. The molecule has 0 aromatic heterocycles. The molecular weight excluding hydrogens is 182 g/mol. The smallest absolute Gasteiger partial charge is 0.339 e. The molecule has 0 aliphatic carbocycles. The van der Waals surface area contributed by atoms with Gasteiger partial charge in [-0.05, 0) is 17.7 Å². The number of ether oxygens (including phenoxy) is 1. The third kappa shape index (κ3) is 2.39. The van der Waals surface area contributed by atoms with Crippen molar-refractivity contribution in [2.24, 2.45) is 5.18 Å². The monoisotopic (exact) mass is 193 g/mol. The highest BCUT2D eigenvalue weighted by molar-refractivity contribution is 5.77. The van der Waals surface area contributed by atoms with E-state index < -0.39 is 12.0 Å². The van der Waals surface area contributed by atoms with E-state index in [9.17, 15) is 9.70 Å². The van der Waals surface area contributed by atoms with Crippen LogP contribution in [-0.4, -0.2) is 12.6 Å². The molecule has 0 spiro atoms. The number of nitrogens with zero attached hydrogens (tertiary/aromatic N) is 1. The van der Waals surface area contributed by atoms with Gasteiger partial charge in [-0.15, -0.1) is 4.91 Å². The quantitative estimate of drug-likeness (QED) is 0.543. The number of benzene rings is 1. The van der Waals surface area contributed by atoms with Gasteiger partial charge in [0.15, 0.2) is 0 Å². The average molecular weight is 193 g/mol. The summed E-state index contributed by atoms with van der Waals surface area (Å²) in [5.74, 6) is -0.603. The van der Waals surface area contributed by atoms with Crippen LogP contribution in [0, 0.1) is 4.91 Å². The molecule has 4 heteroatoms. The molecule has 1 atom stereocenters. The van der Waals surface area contributed by atoms with Crippen LogP contribution < -0.4 is 0 Å². The van der Waals surface area contributed by atoms with Crippen LogP contribution in [0.1, 0.15) is 18.5 Å². The third-order valence-corrected chi connectivity index (χ3v) is 1.73. The summed E-state index contributed by atoms with van der Waals surface area (Å²) in [6, 6.07) is 7.58. The number of nitroso groups, excluding NO2 is 1. The zero-order chi connectivity index (χ0) is 10.4. The predicted octanol–water partition coefficient (Wildman–Crippen LogP) is 2.06. The molecule has 0 aliphatic rings. The minimum Gasteiger partial charge on any atom is -0.464 e. The summed E-state index contributed by atoms with van der Waals surface area (Å²) in [5, 5.41) is 2.75. The van der Waals surface area contributed by atoms with Gasteiger partial charge in [-0.25, -0.2) is 4.79 Å². The van der Waals surface area contributed by atoms with Crippen LogP contribution in [0.3, 0.4) is 0 Å². The van der Waals surface area contributed by atoms with Gasteiger partial charge in [-0.3, -0.25) is 0 Å². The molecule has 0 bridgehead atoms. The normalized spacial score (nSPS) is 11.8. The number of hydrogen-bond donors (Lipinski definition) is 0. The lowest BCUT2D eigenvalue weighted by Gasteiger charge is -2.07. The Hall–Kier alpha value is -1.71. The first-order valence-corrected chi connectivity index (χ1v) is 4.33. The molecule has 14 heavy (non-hydrogen) atoms. The van der Waals surface area contributed by atoms with Crippen molar-refractivity contribution in [2.45, 2.75) is 13.0 Å². The Morgan fingerprint density at radius 2 is 2.07 bits per heavy atom. The lowest BCUT2D eigenvalue weighted by Crippen LogP contribution is -2.13. The summed E-state index contributed by atoms with van der Waals surface area (Å²) in [5.41, 5.74) is 0.556. The molecule has 1 aromatic rings. The Labute approximate surface area is 81.9 Å². The van der Waals surface area contributed by atoms with E-state index in [1.54, 1.807) is 37.3 Å². The Kier molecular flexibility index (Phi) is 3.79. The van der Waals surface area contributed by atoms with Crippen LogP contribution in [0.25, 0.3) is 0 Å². The summed E-state index contributed by atoms with van der Waals surface area (Å²) >= 11 is 0. The van der Waals surface area contributed by atoms with Gasteiger partial charge in [0.05, 0.1) is 6.61 Å². The Morgan fingerprint density at radius 1 is 1.43 bits per heavy atom. The van der Waals surface area contributed by atoms with Crippen molar-refractivity contribution in [3.05, 3.63) is 40.8 Å². The van der Waals surface area contributed by atoms with E-state index in [2.05, 4.69) is 5.18 Å². The average Bonchev–Trinajstić information content (AvgIpc) is 2.21. The summed E-state index contributed by atoms with van der Waals surface area (Å²) in [4.78, 5) is 21.7. The van der Waals surface area contributed by atoms with E-state index in [1.165, 1.54) is 0 Å². The lowest BCUT2D eigenvalue weighted by atomic mass is 10.1. The molecule has 0 radical (unpaired) electrons. The van der Waals surface area contributed by atoms with Crippen molar-refractivity contribution >= 4 is 5.97 Å². The molecular formula is C10H11NO3. The maximum atomic E-state index is 11.3. The van der Waals surface area contributed by atoms with Gasteiger partial charge >= 0.3 is 5.97 Å². The molecule has 0 fully saturated rings. The molecule has 0 saturated carbocycles. The van der Waals surface area contributed by atoms with Gasteiger partial charge in [-0.2, -0.15) is 0 Å². The molecule has 0 amide bonds. The van der Waals surface area contributed by atoms with Crippen molar-refractivity contribution in [3.63, 3.8) is 0 Å². The Bertz CT molecular complexity index is 310. The van der Waals surface area contributed by atoms with E-state index in [4.69, 9.17) is 4.74 Å².